The number of fused-ring (bicyclic) bond motifs is 1. The predicted octanol–water partition coefficient (Wildman–Crippen LogP) is 5.86. The smallest absolute Gasteiger partial charge is 0.266 e. The Labute approximate surface area is 197 Å². The van der Waals surface area contributed by atoms with Gasteiger partial charge in [0.1, 0.15) is 0 Å². The summed E-state index contributed by atoms with van der Waals surface area (Å²) in [7, 11) is 0. The SMILES string of the molecule is Cc1ccc(NC(=O)CSc2nc3ccccc3c(=O)n2-c2ccc(C(C)C)cc2)cc1C. The van der Waals surface area contributed by atoms with Crippen LogP contribution in [0.15, 0.2) is 76.7 Å². The molecule has 3 aromatic carbocycles. The number of anilines is 1. The van der Waals surface area contributed by atoms with Crippen LogP contribution in [0.3, 0.4) is 0 Å². The van der Waals surface area contributed by atoms with E-state index in [1.807, 2.05) is 74.5 Å². The highest BCUT2D eigenvalue weighted by Gasteiger charge is 2.15. The van der Waals surface area contributed by atoms with E-state index in [2.05, 4.69) is 19.2 Å². The average Bonchev–Trinajstić information content (AvgIpc) is 2.80. The molecule has 0 aliphatic rings. The fourth-order valence-electron chi connectivity index (χ4n) is 3.59. The highest BCUT2D eigenvalue weighted by Crippen LogP contribution is 2.23. The first-order valence-corrected chi connectivity index (χ1v) is 11.9. The third-order valence-corrected chi connectivity index (χ3v) is 6.62. The summed E-state index contributed by atoms with van der Waals surface area (Å²) in [6.07, 6.45) is 0. The van der Waals surface area contributed by atoms with E-state index in [9.17, 15) is 9.59 Å². The number of rotatable bonds is 6. The maximum Gasteiger partial charge on any atom is 0.266 e. The fraction of sp³-hybridized carbons (Fsp3) is 0.222. The highest BCUT2D eigenvalue weighted by molar-refractivity contribution is 7.99. The Morgan fingerprint density at radius 2 is 1.73 bits per heavy atom. The molecule has 0 fully saturated rings. The number of carbonyl (C=O) groups excluding carboxylic acids is 1. The lowest BCUT2D eigenvalue weighted by Crippen LogP contribution is -2.23. The minimum absolute atomic E-state index is 0.141. The van der Waals surface area contributed by atoms with Gasteiger partial charge in [-0.15, -0.1) is 0 Å². The third-order valence-electron chi connectivity index (χ3n) is 5.69. The van der Waals surface area contributed by atoms with Crippen LogP contribution >= 0.6 is 11.8 Å². The monoisotopic (exact) mass is 457 g/mol. The van der Waals surface area contributed by atoms with Crippen LogP contribution in [0.1, 0.15) is 36.5 Å². The lowest BCUT2D eigenvalue weighted by atomic mass is 10.0. The van der Waals surface area contributed by atoms with Crippen LogP contribution in [0.2, 0.25) is 0 Å². The van der Waals surface area contributed by atoms with Crippen molar-refractivity contribution in [2.45, 2.75) is 38.8 Å². The molecule has 0 bridgehead atoms. The number of hydrogen-bond acceptors (Lipinski definition) is 4. The van der Waals surface area contributed by atoms with E-state index in [0.717, 1.165) is 16.9 Å². The van der Waals surface area contributed by atoms with Gasteiger partial charge >= 0.3 is 0 Å². The molecular formula is C27H27N3O2S. The molecule has 0 saturated heterocycles. The number of hydrogen-bond donors (Lipinski definition) is 1. The number of para-hydroxylation sites is 1. The molecule has 1 N–H and O–H groups in total. The van der Waals surface area contributed by atoms with Gasteiger partial charge in [-0.1, -0.05) is 55.9 Å². The van der Waals surface area contributed by atoms with Crippen molar-refractivity contribution in [3.8, 4) is 5.69 Å². The summed E-state index contributed by atoms with van der Waals surface area (Å²) in [5, 5.41) is 3.98. The van der Waals surface area contributed by atoms with E-state index in [1.165, 1.54) is 22.9 Å². The molecular weight excluding hydrogens is 430 g/mol. The van der Waals surface area contributed by atoms with Gasteiger partial charge in [0.15, 0.2) is 5.16 Å². The molecule has 1 heterocycles. The van der Waals surface area contributed by atoms with E-state index in [-0.39, 0.29) is 17.2 Å². The summed E-state index contributed by atoms with van der Waals surface area (Å²) in [5.41, 5.74) is 5.47. The lowest BCUT2D eigenvalue weighted by Gasteiger charge is -2.14. The van der Waals surface area contributed by atoms with E-state index < -0.39 is 0 Å². The number of thioether (sulfide) groups is 1. The average molecular weight is 458 g/mol. The molecule has 33 heavy (non-hydrogen) atoms. The zero-order valence-corrected chi connectivity index (χ0v) is 20.1. The van der Waals surface area contributed by atoms with Gasteiger partial charge in [-0.2, -0.15) is 0 Å². The molecule has 0 aliphatic heterocycles. The van der Waals surface area contributed by atoms with Crippen LogP contribution in [0, 0.1) is 13.8 Å². The minimum atomic E-state index is -0.146. The first-order chi connectivity index (χ1) is 15.8. The summed E-state index contributed by atoms with van der Waals surface area (Å²) in [6, 6.07) is 21.1. The van der Waals surface area contributed by atoms with Crippen molar-refractivity contribution >= 4 is 34.3 Å². The quantitative estimate of drug-likeness (QED) is 0.291. The molecule has 0 spiro atoms. The Morgan fingerprint density at radius 3 is 2.42 bits per heavy atom. The van der Waals surface area contributed by atoms with Crippen LogP contribution in [0.5, 0.6) is 0 Å². The number of nitrogens with zero attached hydrogens (tertiary/aromatic N) is 2. The van der Waals surface area contributed by atoms with Crippen LogP contribution < -0.4 is 10.9 Å². The van der Waals surface area contributed by atoms with Gasteiger partial charge in [0, 0.05) is 5.69 Å². The summed E-state index contributed by atoms with van der Waals surface area (Å²) in [5.74, 6) is 0.391. The molecule has 0 radical (unpaired) electrons. The molecule has 6 heteroatoms. The van der Waals surface area contributed by atoms with Crippen molar-refractivity contribution in [3.63, 3.8) is 0 Å². The molecule has 168 valence electrons. The Kier molecular flexibility index (Phi) is 6.65. The van der Waals surface area contributed by atoms with Crippen LogP contribution in [-0.4, -0.2) is 21.2 Å². The minimum Gasteiger partial charge on any atom is -0.325 e. The topological polar surface area (TPSA) is 64.0 Å². The van der Waals surface area contributed by atoms with Gasteiger partial charge in [0.25, 0.3) is 5.56 Å². The molecule has 1 amide bonds. The lowest BCUT2D eigenvalue weighted by molar-refractivity contribution is -0.113. The molecule has 0 unspecified atom stereocenters. The molecule has 0 aliphatic carbocycles. The summed E-state index contributed by atoms with van der Waals surface area (Å²) in [6.45, 7) is 8.32. The van der Waals surface area contributed by atoms with Gasteiger partial charge in [-0.25, -0.2) is 4.98 Å². The van der Waals surface area contributed by atoms with Crippen molar-refractivity contribution < 1.29 is 4.79 Å². The maximum atomic E-state index is 13.4. The second-order valence-electron chi connectivity index (χ2n) is 8.43. The fourth-order valence-corrected chi connectivity index (χ4v) is 4.40. The molecule has 4 aromatic rings. The zero-order valence-electron chi connectivity index (χ0n) is 19.3. The number of benzene rings is 3. The normalized spacial score (nSPS) is 11.2. The Bertz CT molecular complexity index is 1370. The van der Waals surface area contributed by atoms with Crippen molar-refractivity contribution in [3.05, 3.63) is 93.8 Å². The van der Waals surface area contributed by atoms with E-state index in [1.54, 1.807) is 10.6 Å². The number of amides is 1. The zero-order chi connectivity index (χ0) is 23.5. The molecule has 4 rings (SSSR count). The molecule has 5 nitrogen and oxygen atoms in total. The van der Waals surface area contributed by atoms with Gasteiger partial charge < -0.3 is 5.32 Å². The van der Waals surface area contributed by atoms with Gasteiger partial charge in [0.05, 0.1) is 22.3 Å². The number of carbonyl (C=O) groups is 1. The molecule has 1 aromatic heterocycles. The van der Waals surface area contributed by atoms with Gasteiger partial charge in [-0.3, -0.25) is 14.2 Å². The molecule has 0 atom stereocenters. The van der Waals surface area contributed by atoms with Crippen molar-refractivity contribution in [1.82, 2.24) is 9.55 Å². The van der Waals surface area contributed by atoms with Gasteiger partial charge in [0.2, 0.25) is 5.91 Å². The Morgan fingerprint density at radius 1 is 1.00 bits per heavy atom. The number of aryl methyl sites for hydroxylation is 2. The van der Waals surface area contributed by atoms with E-state index in [0.29, 0.717) is 22.0 Å². The second-order valence-corrected chi connectivity index (χ2v) is 9.38. The van der Waals surface area contributed by atoms with Crippen LogP contribution in [0.25, 0.3) is 16.6 Å². The maximum absolute atomic E-state index is 13.4. The van der Waals surface area contributed by atoms with Crippen LogP contribution in [-0.2, 0) is 4.79 Å². The molecule has 0 saturated carbocycles. The first-order valence-electron chi connectivity index (χ1n) is 11.0. The first kappa shape index (κ1) is 22.8. The van der Waals surface area contributed by atoms with Crippen molar-refractivity contribution in [1.29, 1.82) is 0 Å². The largest absolute Gasteiger partial charge is 0.325 e. The van der Waals surface area contributed by atoms with Crippen molar-refractivity contribution in [2.75, 3.05) is 11.1 Å². The third kappa shape index (κ3) is 5.01. The van der Waals surface area contributed by atoms with Crippen LogP contribution in [0.4, 0.5) is 5.69 Å². The standard InChI is InChI=1S/C27H27N3O2S/c1-17(2)20-10-13-22(14-11-20)30-26(32)23-7-5-6-8-24(23)29-27(30)33-16-25(31)28-21-12-9-18(3)19(4)15-21/h5-15,17H,16H2,1-4H3,(H,28,31). The number of nitrogens with one attached hydrogen (secondary N) is 1. The second kappa shape index (κ2) is 9.63. The Hall–Kier alpha value is -3.38. The van der Waals surface area contributed by atoms with E-state index >= 15 is 0 Å². The summed E-state index contributed by atoms with van der Waals surface area (Å²) >= 11 is 1.26. The summed E-state index contributed by atoms with van der Waals surface area (Å²) in [4.78, 5) is 30.8. The number of aromatic nitrogens is 2. The highest BCUT2D eigenvalue weighted by atomic mass is 32.2. The van der Waals surface area contributed by atoms with Gasteiger partial charge in [-0.05, 0) is 72.9 Å². The summed E-state index contributed by atoms with van der Waals surface area (Å²) < 4.78 is 1.60. The Balaban J connectivity index is 1.65. The predicted molar refractivity (Wildman–Crippen MR) is 137 cm³/mol. The van der Waals surface area contributed by atoms with E-state index in [4.69, 9.17) is 4.98 Å². The van der Waals surface area contributed by atoms with Crippen molar-refractivity contribution in [2.24, 2.45) is 0 Å².